The minimum Gasteiger partial charge on any atom is -0.308 e. The Morgan fingerprint density at radius 1 is 1.24 bits per heavy atom. The molecular formula is C16H17BrF2N2. The van der Waals surface area contributed by atoms with Crippen molar-refractivity contribution in [3.8, 4) is 0 Å². The lowest BCUT2D eigenvalue weighted by atomic mass is 10.0. The molecule has 1 atom stereocenters. The van der Waals surface area contributed by atoms with Crippen LogP contribution in [0.1, 0.15) is 30.6 Å². The Bertz CT molecular complexity index is 587. The molecule has 1 heterocycles. The van der Waals surface area contributed by atoms with Crippen LogP contribution in [0.4, 0.5) is 8.78 Å². The highest BCUT2D eigenvalue weighted by atomic mass is 79.9. The zero-order chi connectivity index (χ0) is 15.2. The number of hydrogen-bond acceptors (Lipinski definition) is 2. The highest BCUT2D eigenvalue weighted by Gasteiger charge is 2.15. The molecule has 5 heteroatoms. The van der Waals surface area contributed by atoms with Crippen LogP contribution in [0.15, 0.2) is 41.0 Å². The molecule has 2 aromatic rings. The zero-order valence-corrected chi connectivity index (χ0v) is 13.3. The summed E-state index contributed by atoms with van der Waals surface area (Å²) in [5, 5.41) is 3.33. The summed E-state index contributed by atoms with van der Waals surface area (Å²) in [5.74, 6) is -0.620. The van der Waals surface area contributed by atoms with Gasteiger partial charge in [0.25, 0.3) is 0 Å². The molecule has 0 spiro atoms. The van der Waals surface area contributed by atoms with Crippen molar-refractivity contribution in [2.24, 2.45) is 0 Å². The van der Waals surface area contributed by atoms with Crippen molar-refractivity contribution in [1.29, 1.82) is 0 Å². The first-order chi connectivity index (χ1) is 10.1. The van der Waals surface area contributed by atoms with Gasteiger partial charge in [-0.3, -0.25) is 4.98 Å². The molecule has 1 unspecified atom stereocenters. The Balaban J connectivity index is 2.23. The van der Waals surface area contributed by atoms with E-state index >= 15 is 0 Å². The van der Waals surface area contributed by atoms with Crippen molar-refractivity contribution in [3.63, 3.8) is 0 Å². The Labute approximate surface area is 131 Å². The van der Waals surface area contributed by atoms with E-state index in [1.165, 1.54) is 18.3 Å². The lowest BCUT2D eigenvalue weighted by Gasteiger charge is -2.18. The summed E-state index contributed by atoms with van der Waals surface area (Å²) in [4.78, 5) is 4.11. The first-order valence-corrected chi connectivity index (χ1v) is 7.68. The molecule has 1 aromatic heterocycles. The maximum atomic E-state index is 13.9. The van der Waals surface area contributed by atoms with E-state index < -0.39 is 0 Å². The van der Waals surface area contributed by atoms with E-state index in [-0.39, 0.29) is 17.7 Å². The summed E-state index contributed by atoms with van der Waals surface area (Å²) in [6.45, 7) is 2.85. The summed E-state index contributed by atoms with van der Waals surface area (Å²) in [6.07, 6.45) is 2.61. The summed E-state index contributed by atoms with van der Waals surface area (Å²) < 4.78 is 27.7. The standard InChI is InChI=1S/C16H17BrF2N2/c1-2-7-20-16(15-6-4-13(18)10-21-15)9-11-8-12(17)3-5-14(11)19/h3-6,8,10,16,20H,2,7,9H2,1H3. The zero-order valence-electron chi connectivity index (χ0n) is 11.7. The highest BCUT2D eigenvalue weighted by molar-refractivity contribution is 9.10. The number of benzene rings is 1. The average molecular weight is 355 g/mol. The Kier molecular flexibility index (Phi) is 5.82. The van der Waals surface area contributed by atoms with E-state index in [1.54, 1.807) is 18.2 Å². The van der Waals surface area contributed by atoms with Gasteiger partial charge in [0.1, 0.15) is 11.6 Å². The lowest BCUT2D eigenvalue weighted by molar-refractivity contribution is 0.500. The van der Waals surface area contributed by atoms with Gasteiger partial charge in [-0.25, -0.2) is 8.78 Å². The normalized spacial score (nSPS) is 12.4. The quantitative estimate of drug-likeness (QED) is 0.831. The van der Waals surface area contributed by atoms with E-state index in [9.17, 15) is 8.78 Å². The molecule has 0 saturated heterocycles. The summed E-state index contributed by atoms with van der Waals surface area (Å²) >= 11 is 3.35. The lowest BCUT2D eigenvalue weighted by Crippen LogP contribution is -2.25. The third-order valence-electron chi connectivity index (χ3n) is 3.18. The minimum absolute atomic E-state index is 0.144. The Morgan fingerprint density at radius 2 is 2.05 bits per heavy atom. The van der Waals surface area contributed by atoms with Gasteiger partial charge in [-0.05, 0) is 55.3 Å². The van der Waals surface area contributed by atoms with Gasteiger partial charge in [-0.2, -0.15) is 0 Å². The van der Waals surface area contributed by atoms with Crippen LogP contribution in [-0.2, 0) is 6.42 Å². The number of pyridine rings is 1. The topological polar surface area (TPSA) is 24.9 Å². The van der Waals surface area contributed by atoms with Crippen LogP contribution in [0.2, 0.25) is 0 Å². The summed E-state index contributed by atoms with van der Waals surface area (Å²) in [6, 6.07) is 7.74. The molecule has 1 N–H and O–H groups in total. The number of rotatable bonds is 6. The molecule has 0 aliphatic heterocycles. The molecule has 2 nitrogen and oxygen atoms in total. The van der Waals surface area contributed by atoms with Crippen molar-refractivity contribution in [2.45, 2.75) is 25.8 Å². The predicted molar refractivity (Wildman–Crippen MR) is 83.0 cm³/mol. The molecular weight excluding hydrogens is 338 g/mol. The van der Waals surface area contributed by atoms with Crippen molar-refractivity contribution < 1.29 is 8.78 Å². The number of halogens is 3. The molecule has 2 rings (SSSR count). The molecule has 0 bridgehead atoms. The summed E-state index contributed by atoms with van der Waals surface area (Å²) in [5.41, 5.74) is 1.31. The van der Waals surface area contributed by atoms with Gasteiger partial charge in [0.15, 0.2) is 0 Å². The molecule has 112 valence electrons. The van der Waals surface area contributed by atoms with Crippen LogP contribution in [0.3, 0.4) is 0 Å². The molecule has 0 amide bonds. The van der Waals surface area contributed by atoms with Crippen molar-refractivity contribution >= 4 is 15.9 Å². The van der Waals surface area contributed by atoms with Gasteiger partial charge < -0.3 is 5.32 Å². The fraction of sp³-hybridized carbons (Fsp3) is 0.312. The van der Waals surface area contributed by atoms with Gasteiger partial charge in [-0.1, -0.05) is 22.9 Å². The van der Waals surface area contributed by atoms with Gasteiger partial charge in [0, 0.05) is 4.47 Å². The number of hydrogen-bond donors (Lipinski definition) is 1. The van der Waals surface area contributed by atoms with E-state index in [2.05, 4.69) is 33.2 Å². The summed E-state index contributed by atoms with van der Waals surface area (Å²) in [7, 11) is 0. The largest absolute Gasteiger partial charge is 0.308 e. The third-order valence-corrected chi connectivity index (χ3v) is 3.67. The fourth-order valence-corrected chi connectivity index (χ4v) is 2.52. The van der Waals surface area contributed by atoms with E-state index in [0.717, 1.165) is 17.4 Å². The van der Waals surface area contributed by atoms with Gasteiger partial charge in [-0.15, -0.1) is 0 Å². The second-order valence-corrected chi connectivity index (χ2v) is 5.76. The van der Waals surface area contributed by atoms with E-state index in [0.29, 0.717) is 17.7 Å². The van der Waals surface area contributed by atoms with Crippen LogP contribution < -0.4 is 5.32 Å². The van der Waals surface area contributed by atoms with Crippen LogP contribution >= 0.6 is 15.9 Å². The first-order valence-electron chi connectivity index (χ1n) is 6.89. The van der Waals surface area contributed by atoms with Crippen LogP contribution in [0.25, 0.3) is 0 Å². The van der Waals surface area contributed by atoms with E-state index in [1.807, 2.05) is 0 Å². The minimum atomic E-state index is -0.373. The van der Waals surface area contributed by atoms with E-state index in [4.69, 9.17) is 0 Å². The third kappa shape index (κ3) is 4.58. The van der Waals surface area contributed by atoms with Crippen molar-refractivity contribution in [1.82, 2.24) is 10.3 Å². The molecule has 0 aliphatic carbocycles. The smallest absolute Gasteiger partial charge is 0.141 e. The average Bonchev–Trinajstić information content (AvgIpc) is 2.48. The molecule has 0 fully saturated rings. The molecule has 21 heavy (non-hydrogen) atoms. The Hall–Kier alpha value is -1.33. The Morgan fingerprint density at radius 3 is 2.71 bits per heavy atom. The monoisotopic (exact) mass is 354 g/mol. The maximum Gasteiger partial charge on any atom is 0.141 e. The number of nitrogens with zero attached hydrogens (tertiary/aromatic N) is 1. The predicted octanol–water partition coefficient (Wildman–Crippen LogP) is 4.41. The van der Waals surface area contributed by atoms with Crippen molar-refractivity contribution in [2.75, 3.05) is 6.54 Å². The van der Waals surface area contributed by atoms with Crippen LogP contribution in [-0.4, -0.2) is 11.5 Å². The SMILES string of the molecule is CCCNC(Cc1cc(Br)ccc1F)c1ccc(F)cn1. The maximum absolute atomic E-state index is 13.9. The molecule has 0 saturated carbocycles. The highest BCUT2D eigenvalue weighted by Crippen LogP contribution is 2.22. The molecule has 0 radical (unpaired) electrons. The van der Waals surface area contributed by atoms with Gasteiger partial charge in [0.05, 0.1) is 17.9 Å². The number of aromatic nitrogens is 1. The van der Waals surface area contributed by atoms with Crippen LogP contribution in [0, 0.1) is 11.6 Å². The second kappa shape index (κ2) is 7.61. The van der Waals surface area contributed by atoms with Gasteiger partial charge in [0.2, 0.25) is 0 Å². The fourth-order valence-electron chi connectivity index (χ4n) is 2.11. The molecule has 0 aliphatic rings. The van der Waals surface area contributed by atoms with Crippen molar-refractivity contribution in [3.05, 3.63) is 63.9 Å². The van der Waals surface area contributed by atoms with Crippen LogP contribution in [0.5, 0.6) is 0 Å². The first kappa shape index (κ1) is 16.0. The second-order valence-electron chi connectivity index (χ2n) is 4.85. The number of nitrogens with one attached hydrogen (secondary N) is 1. The molecule has 1 aromatic carbocycles. The van der Waals surface area contributed by atoms with Gasteiger partial charge >= 0.3 is 0 Å².